The van der Waals surface area contributed by atoms with Crippen molar-refractivity contribution >= 4 is 21.8 Å². The highest BCUT2D eigenvalue weighted by atomic mass is 32.2. The number of carbonyl (C=O) groups is 1. The minimum Gasteiger partial charge on any atom is -0.351 e. The number of likely N-dealkylation sites (N-methyl/N-ethyl adjacent to an activating group) is 1. The normalized spacial score (nSPS) is 15.2. The van der Waals surface area contributed by atoms with Crippen molar-refractivity contribution in [2.75, 3.05) is 26.2 Å². The van der Waals surface area contributed by atoms with E-state index in [-0.39, 0.29) is 10.8 Å². The number of sulfone groups is 1. The van der Waals surface area contributed by atoms with Crippen LogP contribution in [0.1, 0.15) is 29.8 Å². The fourth-order valence-corrected chi connectivity index (χ4v) is 3.57. The fourth-order valence-electron chi connectivity index (χ4n) is 2.36. The Morgan fingerprint density at radius 1 is 1.24 bits per heavy atom. The van der Waals surface area contributed by atoms with E-state index in [0.717, 1.165) is 25.0 Å². The second-order valence-corrected chi connectivity index (χ2v) is 6.65. The summed E-state index contributed by atoms with van der Waals surface area (Å²) in [6.07, 6.45) is 1.49. The first-order valence-corrected chi connectivity index (χ1v) is 8.61. The van der Waals surface area contributed by atoms with Gasteiger partial charge in [0, 0.05) is 29.6 Å². The van der Waals surface area contributed by atoms with E-state index in [4.69, 9.17) is 0 Å². The molecule has 0 radical (unpaired) electrons. The zero-order valence-corrected chi connectivity index (χ0v) is 13.1. The van der Waals surface area contributed by atoms with Crippen LogP contribution in [0.25, 0.3) is 6.08 Å². The number of hydrogen-bond donors (Lipinski definition) is 1. The summed E-state index contributed by atoms with van der Waals surface area (Å²) in [4.78, 5) is 14.6. The summed E-state index contributed by atoms with van der Waals surface area (Å²) in [5, 5.41) is 3.99. The van der Waals surface area contributed by atoms with Gasteiger partial charge in [0.2, 0.25) is 0 Å². The van der Waals surface area contributed by atoms with Crippen LogP contribution in [0.4, 0.5) is 0 Å². The molecule has 0 unspecified atom stereocenters. The van der Waals surface area contributed by atoms with Crippen LogP contribution in [-0.4, -0.2) is 45.4 Å². The monoisotopic (exact) mass is 308 g/mol. The van der Waals surface area contributed by atoms with Crippen molar-refractivity contribution in [2.45, 2.75) is 18.7 Å². The zero-order valence-electron chi connectivity index (χ0n) is 12.3. The maximum absolute atomic E-state index is 12.2. The Balaban J connectivity index is 2.09. The van der Waals surface area contributed by atoms with Gasteiger partial charge < -0.3 is 10.2 Å². The van der Waals surface area contributed by atoms with Crippen LogP contribution < -0.4 is 5.32 Å². The molecule has 1 amide bonds. The Morgan fingerprint density at radius 3 is 2.62 bits per heavy atom. The molecule has 114 valence electrons. The molecule has 0 atom stereocenters. The van der Waals surface area contributed by atoms with Gasteiger partial charge in [-0.25, -0.2) is 8.42 Å². The first kappa shape index (κ1) is 15.7. The molecule has 2 rings (SSSR count). The van der Waals surface area contributed by atoms with Gasteiger partial charge in [-0.1, -0.05) is 19.9 Å². The molecule has 1 aromatic rings. The lowest BCUT2D eigenvalue weighted by molar-refractivity contribution is 0.0948. The number of fused-ring (bicyclic) bond motifs is 1. The van der Waals surface area contributed by atoms with Gasteiger partial charge >= 0.3 is 0 Å². The molecule has 0 spiro atoms. The zero-order chi connectivity index (χ0) is 15.5. The third kappa shape index (κ3) is 3.33. The summed E-state index contributed by atoms with van der Waals surface area (Å²) in [6.45, 7) is 7.35. The summed E-state index contributed by atoms with van der Waals surface area (Å²) in [5.41, 5.74) is 0.891. The van der Waals surface area contributed by atoms with Crippen molar-refractivity contribution in [2.24, 2.45) is 0 Å². The van der Waals surface area contributed by atoms with Crippen molar-refractivity contribution in [3.63, 3.8) is 0 Å². The number of rotatable bonds is 6. The molecule has 21 heavy (non-hydrogen) atoms. The quantitative estimate of drug-likeness (QED) is 0.865. The highest BCUT2D eigenvalue weighted by Gasteiger charge is 2.24. The SMILES string of the molecule is CCN(CC)CCNC(=O)c1cccc2c1C=CS2(=O)=O. The number of amides is 1. The molecule has 0 aromatic heterocycles. The van der Waals surface area contributed by atoms with Gasteiger partial charge in [-0.3, -0.25) is 4.79 Å². The molecule has 0 bridgehead atoms. The maximum atomic E-state index is 12.2. The molecule has 0 fully saturated rings. The third-order valence-electron chi connectivity index (χ3n) is 3.64. The van der Waals surface area contributed by atoms with Gasteiger partial charge in [0.05, 0.1) is 4.90 Å². The first-order chi connectivity index (χ1) is 9.99. The number of nitrogens with zero attached hydrogens (tertiary/aromatic N) is 1. The van der Waals surface area contributed by atoms with Gasteiger partial charge in [-0.2, -0.15) is 0 Å². The molecular weight excluding hydrogens is 288 g/mol. The van der Waals surface area contributed by atoms with E-state index in [0.29, 0.717) is 17.7 Å². The molecule has 1 aliphatic heterocycles. The van der Waals surface area contributed by atoms with E-state index in [1.54, 1.807) is 12.1 Å². The number of carbonyl (C=O) groups excluding carboxylic acids is 1. The van der Waals surface area contributed by atoms with Crippen molar-refractivity contribution in [3.8, 4) is 0 Å². The number of nitrogens with one attached hydrogen (secondary N) is 1. The topological polar surface area (TPSA) is 66.5 Å². The van der Waals surface area contributed by atoms with E-state index in [1.165, 1.54) is 12.1 Å². The van der Waals surface area contributed by atoms with E-state index in [1.807, 2.05) is 0 Å². The van der Waals surface area contributed by atoms with E-state index in [2.05, 4.69) is 24.1 Å². The Kier molecular flexibility index (Phi) is 4.80. The van der Waals surface area contributed by atoms with Crippen molar-refractivity contribution < 1.29 is 13.2 Å². The molecule has 0 saturated heterocycles. The van der Waals surface area contributed by atoms with Crippen LogP contribution in [0.15, 0.2) is 28.5 Å². The largest absolute Gasteiger partial charge is 0.351 e. The average Bonchev–Trinajstić information content (AvgIpc) is 2.79. The molecule has 1 N–H and O–H groups in total. The van der Waals surface area contributed by atoms with Crippen molar-refractivity contribution in [1.82, 2.24) is 10.2 Å². The predicted molar refractivity (Wildman–Crippen MR) is 82.8 cm³/mol. The van der Waals surface area contributed by atoms with Crippen molar-refractivity contribution in [3.05, 3.63) is 34.7 Å². The minimum absolute atomic E-state index is 0.207. The summed E-state index contributed by atoms with van der Waals surface area (Å²) >= 11 is 0. The molecule has 1 aromatic carbocycles. The van der Waals surface area contributed by atoms with Crippen LogP contribution in [0.2, 0.25) is 0 Å². The van der Waals surface area contributed by atoms with Gasteiger partial charge in [0.25, 0.3) is 5.91 Å². The molecule has 6 heteroatoms. The molecule has 0 aliphatic carbocycles. The second kappa shape index (κ2) is 6.41. The molecule has 1 heterocycles. The summed E-state index contributed by atoms with van der Waals surface area (Å²) in [5.74, 6) is -0.235. The molecular formula is C15H20N2O3S. The van der Waals surface area contributed by atoms with E-state index in [9.17, 15) is 13.2 Å². The van der Waals surface area contributed by atoms with Crippen LogP contribution in [0, 0.1) is 0 Å². The van der Waals surface area contributed by atoms with E-state index >= 15 is 0 Å². The van der Waals surface area contributed by atoms with Gasteiger partial charge in [0.1, 0.15) is 0 Å². The van der Waals surface area contributed by atoms with Gasteiger partial charge in [-0.05, 0) is 31.3 Å². The lowest BCUT2D eigenvalue weighted by Gasteiger charge is -2.18. The Hall–Kier alpha value is -1.66. The lowest BCUT2D eigenvalue weighted by Crippen LogP contribution is -2.35. The lowest BCUT2D eigenvalue weighted by atomic mass is 10.1. The summed E-state index contributed by atoms with van der Waals surface area (Å²) in [7, 11) is -3.37. The summed E-state index contributed by atoms with van der Waals surface area (Å²) in [6, 6.07) is 4.77. The Morgan fingerprint density at radius 2 is 1.95 bits per heavy atom. The maximum Gasteiger partial charge on any atom is 0.251 e. The van der Waals surface area contributed by atoms with Crippen LogP contribution >= 0.6 is 0 Å². The highest BCUT2D eigenvalue weighted by molar-refractivity contribution is 7.94. The van der Waals surface area contributed by atoms with Crippen molar-refractivity contribution in [1.29, 1.82) is 0 Å². The van der Waals surface area contributed by atoms with Gasteiger partial charge in [0.15, 0.2) is 9.84 Å². The fraction of sp³-hybridized carbons (Fsp3) is 0.400. The van der Waals surface area contributed by atoms with Crippen LogP contribution in [-0.2, 0) is 9.84 Å². The highest BCUT2D eigenvalue weighted by Crippen LogP contribution is 2.29. The smallest absolute Gasteiger partial charge is 0.251 e. The first-order valence-electron chi connectivity index (χ1n) is 7.06. The standard InChI is InChI=1S/C15H20N2O3S/c1-3-17(4-2)10-9-16-15(18)13-6-5-7-14-12(13)8-11-21(14,19)20/h5-8,11H,3-4,9-10H2,1-2H3,(H,16,18). The number of hydrogen-bond acceptors (Lipinski definition) is 4. The molecule has 0 saturated carbocycles. The molecule has 1 aliphatic rings. The second-order valence-electron chi connectivity index (χ2n) is 4.85. The third-order valence-corrected chi connectivity index (χ3v) is 5.10. The summed E-state index contributed by atoms with van der Waals surface area (Å²) < 4.78 is 23.6. The predicted octanol–water partition coefficient (Wildman–Crippen LogP) is 1.52. The molecule has 5 nitrogen and oxygen atoms in total. The average molecular weight is 308 g/mol. The Bertz CT molecular complexity index is 661. The number of benzene rings is 1. The van der Waals surface area contributed by atoms with Crippen LogP contribution in [0.5, 0.6) is 0 Å². The van der Waals surface area contributed by atoms with E-state index < -0.39 is 9.84 Å². The Labute approximate surface area is 125 Å². The van der Waals surface area contributed by atoms with Crippen LogP contribution in [0.3, 0.4) is 0 Å². The van der Waals surface area contributed by atoms with Gasteiger partial charge in [-0.15, -0.1) is 0 Å². The minimum atomic E-state index is -3.37.